The average molecular weight is 385 g/mol. The molecule has 0 bridgehead atoms. The molecule has 6 heteroatoms. The summed E-state index contributed by atoms with van der Waals surface area (Å²) in [4.78, 5) is 0. The topological polar surface area (TPSA) is 51.8 Å². The maximum absolute atomic E-state index is 5.86. The van der Waals surface area contributed by atoms with Crippen LogP contribution in [0.2, 0.25) is 6.04 Å². The lowest BCUT2D eigenvalue weighted by atomic mass is 10.2. The van der Waals surface area contributed by atoms with E-state index in [9.17, 15) is 0 Å². The highest BCUT2D eigenvalue weighted by atomic mass is 28.4. The van der Waals surface area contributed by atoms with Crippen LogP contribution in [-0.4, -0.2) is 48.3 Å². The molecule has 2 N–H and O–H groups in total. The van der Waals surface area contributed by atoms with Gasteiger partial charge in [0.1, 0.15) is 0 Å². The Labute approximate surface area is 162 Å². The van der Waals surface area contributed by atoms with Crippen molar-refractivity contribution < 1.29 is 13.3 Å². The molecule has 26 heavy (non-hydrogen) atoms. The monoisotopic (exact) mass is 384 g/mol. The Hall–Kier alpha value is -0.763. The first-order valence-corrected chi connectivity index (χ1v) is 12.1. The van der Waals surface area contributed by atoms with Crippen molar-refractivity contribution in [2.45, 2.75) is 53.6 Å². The Bertz CT molecular complexity index is 390. The number of nitrogens with one attached hydrogen (secondary N) is 2. The minimum atomic E-state index is -2.47. The molecule has 5 nitrogen and oxygen atoms in total. The van der Waals surface area contributed by atoms with Crippen LogP contribution >= 0.6 is 0 Å². The lowest BCUT2D eigenvalue weighted by molar-refractivity contribution is 0.0708. The van der Waals surface area contributed by atoms with Gasteiger partial charge in [-0.05, 0) is 39.3 Å². The molecule has 0 radical (unpaired) electrons. The van der Waals surface area contributed by atoms with Gasteiger partial charge in [-0.2, -0.15) is 0 Å². The van der Waals surface area contributed by atoms with Crippen LogP contribution in [0.3, 0.4) is 0 Å². The highest BCUT2D eigenvalue weighted by molar-refractivity contribution is 6.60. The van der Waals surface area contributed by atoms with Crippen LogP contribution < -0.4 is 10.6 Å². The normalized spacial score (nSPS) is 11.1. The van der Waals surface area contributed by atoms with Crippen molar-refractivity contribution in [1.82, 2.24) is 10.6 Å². The van der Waals surface area contributed by atoms with E-state index in [-0.39, 0.29) is 0 Å². The largest absolute Gasteiger partial charge is 0.500 e. The molecule has 0 spiro atoms. The Balaban J connectivity index is 0.00000301. The van der Waals surface area contributed by atoms with E-state index in [1.165, 1.54) is 5.56 Å². The zero-order chi connectivity index (χ0) is 19.5. The number of hydrogen-bond donors (Lipinski definition) is 2. The fourth-order valence-electron chi connectivity index (χ4n) is 2.56. The summed E-state index contributed by atoms with van der Waals surface area (Å²) in [6.07, 6.45) is 1.00. The van der Waals surface area contributed by atoms with E-state index in [4.69, 9.17) is 13.3 Å². The summed E-state index contributed by atoms with van der Waals surface area (Å²) >= 11 is 0. The van der Waals surface area contributed by atoms with Gasteiger partial charge in [0.05, 0.1) is 0 Å². The summed E-state index contributed by atoms with van der Waals surface area (Å²) in [7, 11) is -2.47. The number of benzene rings is 1. The van der Waals surface area contributed by atoms with E-state index in [0.29, 0.717) is 19.8 Å². The first kappa shape index (κ1) is 25.2. The summed E-state index contributed by atoms with van der Waals surface area (Å²) in [5.41, 5.74) is 1.32. The Morgan fingerprint density at radius 3 is 1.85 bits per heavy atom. The van der Waals surface area contributed by atoms with Gasteiger partial charge in [-0.25, -0.2) is 0 Å². The zero-order valence-corrected chi connectivity index (χ0v) is 18.5. The second-order valence-electron chi connectivity index (χ2n) is 5.50. The van der Waals surface area contributed by atoms with Crippen LogP contribution in [0.4, 0.5) is 0 Å². The van der Waals surface area contributed by atoms with Crippen molar-refractivity contribution in [2.75, 3.05) is 39.5 Å². The van der Waals surface area contributed by atoms with Gasteiger partial charge >= 0.3 is 8.80 Å². The van der Waals surface area contributed by atoms with Crippen LogP contribution in [0.25, 0.3) is 0 Å². The van der Waals surface area contributed by atoms with Gasteiger partial charge in [-0.3, -0.25) is 0 Å². The number of hydrogen-bond acceptors (Lipinski definition) is 5. The molecule has 0 fully saturated rings. The average Bonchev–Trinajstić information content (AvgIpc) is 2.67. The second-order valence-corrected chi connectivity index (χ2v) is 8.23. The second kappa shape index (κ2) is 17.6. The Morgan fingerprint density at radius 2 is 1.31 bits per heavy atom. The van der Waals surface area contributed by atoms with Crippen LogP contribution in [0.15, 0.2) is 30.3 Å². The third-order valence-corrected chi connectivity index (χ3v) is 6.73. The lowest BCUT2D eigenvalue weighted by Gasteiger charge is -2.28. The molecule has 0 aliphatic heterocycles. The predicted molar refractivity (Wildman–Crippen MR) is 112 cm³/mol. The molecule has 1 aromatic carbocycles. The van der Waals surface area contributed by atoms with Gasteiger partial charge in [0, 0.05) is 45.5 Å². The van der Waals surface area contributed by atoms with E-state index in [0.717, 1.165) is 38.6 Å². The maximum atomic E-state index is 5.86. The first-order valence-electron chi connectivity index (χ1n) is 10.1. The molecular formula is C20H40N2O3Si. The highest BCUT2D eigenvalue weighted by Gasteiger charge is 2.39. The van der Waals surface area contributed by atoms with Crippen molar-refractivity contribution in [2.24, 2.45) is 0 Å². The molecule has 0 aromatic heterocycles. The van der Waals surface area contributed by atoms with Gasteiger partial charge in [-0.1, -0.05) is 44.2 Å². The zero-order valence-electron chi connectivity index (χ0n) is 17.5. The predicted octanol–water partition coefficient (Wildman–Crippen LogP) is 3.83. The van der Waals surface area contributed by atoms with Crippen molar-refractivity contribution in [3.8, 4) is 0 Å². The smallest absolute Gasteiger partial charge is 0.374 e. The van der Waals surface area contributed by atoms with Crippen molar-refractivity contribution in [1.29, 1.82) is 0 Å². The van der Waals surface area contributed by atoms with Crippen LogP contribution in [0.1, 0.15) is 46.6 Å². The van der Waals surface area contributed by atoms with Gasteiger partial charge in [-0.15, -0.1) is 0 Å². The van der Waals surface area contributed by atoms with Crippen LogP contribution in [-0.2, 0) is 19.8 Å². The number of rotatable bonds is 15. The molecule has 0 atom stereocenters. The molecule has 0 unspecified atom stereocenters. The summed E-state index contributed by atoms with van der Waals surface area (Å²) < 4.78 is 17.6. The Morgan fingerprint density at radius 1 is 0.769 bits per heavy atom. The maximum Gasteiger partial charge on any atom is 0.500 e. The summed E-state index contributed by atoms with van der Waals surface area (Å²) in [5, 5.41) is 6.91. The fourth-order valence-corrected chi connectivity index (χ4v) is 5.17. The summed E-state index contributed by atoms with van der Waals surface area (Å²) in [6, 6.07) is 11.3. The SMILES string of the molecule is CC.CCO[Si](CCCNCCNCc1ccccc1)(OCC)OCC. The van der Waals surface area contributed by atoms with Crippen molar-refractivity contribution in [3.05, 3.63) is 35.9 Å². The molecule has 1 rings (SSSR count). The third kappa shape index (κ3) is 11.8. The van der Waals surface area contributed by atoms with E-state index < -0.39 is 8.80 Å². The van der Waals surface area contributed by atoms with Crippen LogP contribution in [0, 0.1) is 0 Å². The minimum absolute atomic E-state index is 0.642. The molecule has 0 amide bonds. The van der Waals surface area contributed by atoms with E-state index in [2.05, 4.69) is 34.9 Å². The van der Waals surface area contributed by atoms with Crippen molar-refractivity contribution >= 4 is 8.80 Å². The molecule has 152 valence electrons. The molecule has 0 saturated heterocycles. The quantitative estimate of drug-likeness (QED) is 0.355. The summed E-state index contributed by atoms with van der Waals surface area (Å²) in [5.74, 6) is 0. The Kier molecular flexibility index (Phi) is 17.1. The summed E-state index contributed by atoms with van der Waals surface area (Å²) in [6.45, 7) is 15.7. The van der Waals surface area contributed by atoms with Gasteiger partial charge in [0.15, 0.2) is 0 Å². The van der Waals surface area contributed by atoms with Crippen LogP contribution in [0.5, 0.6) is 0 Å². The molecule has 1 aromatic rings. The van der Waals surface area contributed by atoms with E-state index in [1.807, 2.05) is 40.7 Å². The lowest BCUT2D eigenvalue weighted by Crippen LogP contribution is -2.46. The molecular weight excluding hydrogens is 344 g/mol. The third-order valence-electron chi connectivity index (χ3n) is 3.58. The van der Waals surface area contributed by atoms with E-state index in [1.54, 1.807) is 0 Å². The molecule has 0 aliphatic carbocycles. The van der Waals surface area contributed by atoms with Crippen molar-refractivity contribution in [3.63, 3.8) is 0 Å². The van der Waals surface area contributed by atoms with Gasteiger partial charge in [0.2, 0.25) is 0 Å². The van der Waals surface area contributed by atoms with E-state index >= 15 is 0 Å². The van der Waals surface area contributed by atoms with Gasteiger partial charge in [0.25, 0.3) is 0 Å². The molecule has 0 aliphatic rings. The standard InChI is InChI=1S/C18H34N2O3Si.C2H6/c1-4-21-24(22-5-2,23-6-3)16-10-13-19-14-15-20-17-18-11-8-7-9-12-18;1-2/h7-9,11-12,19-20H,4-6,10,13-17H2,1-3H3;1-2H3. The molecule has 0 heterocycles. The molecule has 0 saturated carbocycles. The van der Waals surface area contributed by atoms with Gasteiger partial charge < -0.3 is 23.9 Å². The fraction of sp³-hybridized carbons (Fsp3) is 0.700. The minimum Gasteiger partial charge on any atom is -0.374 e. The first-order chi connectivity index (χ1) is 12.8. The highest BCUT2D eigenvalue weighted by Crippen LogP contribution is 2.17.